The van der Waals surface area contributed by atoms with Crippen LogP contribution in [0, 0.1) is 6.92 Å². The Morgan fingerprint density at radius 2 is 1.63 bits per heavy atom. The number of sulfonamides is 1. The summed E-state index contributed by atoms with van der Waals surface area (Å²) in [5.74, 6) is -0.576. The van der Waals surface area contributed by atoms with Gasteiger partial charge in [0, 0.05) is 17.6 Å². The highest BCUT2D eigenvalue weighted by Crippen LogP contribution is 2.32. The smallest absolute Gasteiger partial charge is 0.264 e. The Morgan fingerprint density at radius 1 is 0.976 bits per heavy atom. The number of amides is 2. The topological polar surface area (TPSA) is 96.0 Å². The van der Waals surface area contributed by atoms with E-state index in [0.29, 0.717) is 22.8 Å². The predicted octanol–water partition coefficient (Wildman–Crippen LogP) is 5.84. The van der Waals surface area contributed by atoms with Gasteiger partial charge in [-0.05, 0) is 69.2 Å². The van der Waals surface area contributed by atoms with Crippen LogP contribution in [0.4, 0.5) is 5.69 Å². The lowest BCUT2D eigenvalue weighted by Gasteiger charge is -2.33. The van der Waals surface area contributed by atoms with E-state index >= 15 is 0 Å². The summed E-state index contributed by atoms with van der Waals surface area (Å²) in [7, 11) is -2.78. The molecular formula is C30H35Cl2N3O5S. The van der Waals surface area contributed by atoms with Gasteiger partial charge in [-0.2, -0.15) is 0 Å². The van der Waals surface area contributed by atoms with E-state index in [1.807, 2.05) is 20.8 Å². The molecule has 1 N–H and O–H groups in total. The Kier molecular flexibility index (Phi) is 11.1. The third-order valence-electron chi connectivity index (χ3n) is 6.43. The van der Waals surface area contributed by atoms with Crippen LogP contribution in [0.2, 0.25) is 10.0 Å². The maximum atomic E-state index is 14.1. The summed E-state index contributed by atoms with van der Waals surface area (Å²) in [5.41, 5.74) is 1.67. The van der Waals surface area contributed by atoms with Gasteiger partial charge < -0.3 is 15.0 Å². The molecule has 0 aliphatic rings. The molecule has 0 saturated carbocycles. The molecule has 0 saturated heterocycles. The second kappa shape index (κ2) is 14.1. The van der Waals surface area contributed by atoms with E-state index < -0.39 is 28.5 Å². The molecular weight excluding hydrogens is 585 g/mol. The van der Waals surface area contributed by atoms with Crippen LogP contribution in [0.3, 0.4) is 0 Å². The van der Waals surface area contributed by atoms with Crippen molar-refractivity contribution < 1.29 is 22.7 Å². The zero-order chi connectivity index (χ0) is 30.3. The quantitative estimate of drug-likeness (QED) is 0.275. The average molecular weight is 621 g/mol. The van der Waals surface area contributed by atoms with Gasteiger partial charge in [-0.25, -0.2) is 8.42 Å². The van der Waals surface area contributed by atoms with E-state index in [0.717, 1.165) is 9.87 Å². The lowest BCUT2D eigenvalue weighted by Crippen LogP contribution is -2.53. The first kappa shape index (κ1) is 32.2. The molecule has 41 heavy (non-hydrogen) atoms. The second-order valence-corrected chi connectivity index (χ2v) is 12.5. The number of anilines is 1. The van der Waals surface area contributed by atoms with Gasteiger partial charge in [0.15, 0.2) is 0 Å². The number of nitrogens with zero attached hydrogens (tertiary/aromatic N) is 2. The molecule has 0 aliphatic heterocycles. The molecule has 2 amide bonds. The average Bonchev–Trinajstić information content (AvgIpc) is 2.92. The number of hydrogen-bond acceptors (Lipinski definition) is 5. The van der Waals surface area contributed by atoms with E-state index in [4.69, 9.17) is 27.9 Å². The molecule has 8 nitrogen and oxygen atoms in total. The normalized spacial score (nSPS) is 12.1. The van der Waals surface area contributed by atoms with Crippen LogP contribution in [0.5, 0.6) is 5.75 Å². The molecule has 0 aromatic heterocycles. The number of carbonyl (C=O) groups is 2. The van der Waals surface area contributed by atoms with Crippen LogP contribution >= 0.6 is 23.2 Å². The lowest BCUT2D eigenvalue weighted by atomic mass is 10.1. The number of benzene rings is 3. The van der Waals surface area contributed by atoms with E-state index in [9.17, 15) is 18.0 Å². The number of aryl methyl sites for hydroxylation is 1. The highest BCUT2D eigenvalue weighted by atomic mass is 35.5. The van der Waals surface area contributed by atoms with Crippen LogP contribution in [0.25, 0.3) is 0 Å². The number of hydrogen-bond donors (Lipinski definition) is 1. The van der Waals surface area contributed by atoms with Crippen molar-refractivity contribution in [3.63, 3.8) is 0 Å². The Morgan fingerprint density at radius 3 is 2.20 bits per heavy atom. The largest absolute Gasteiger partial charge is 0.495 e. The fourth-order valence-electron chi connectivity index (χ4n) is 4.29. The highest BCUT2D eigenvalue weighted by molar-refractivity contribution is 7.92. The number of halogens is 2. The van der Waals surface area contributed by atoms with Crippen LogP contribution in [0.1, 0.15) is 38.3 Å². The van der Waals surface area contributed by atoms with Gasteiger partial charge in [0.2, 0.25) is 11.8 Å². The summed E-state index contributed by atoms with van der Waals surface area (Å²) < 4.78 is 34.2. The zero-order valence-corrected chi connectivity index (χ0v) is 26.1. The summed E-state index contributed by atoms with van der Waals surface area (Å²) in [6, 6.07) is 16.8. The molecule has 1 atom stereocenters. The maximum absolute atomic E-state index is 14.1. The van der Waals surface area contributed by atoms with E-state index in [1.54, 1.807) is 43.3 Å². The van der Waals surface area contributed by atoms with E-state index in [-0.39, 0.29) is 34.1 Å². The fourth-order valence-corrected chi connectivity index (χ4v) is 6.14. The molecule has 0 radical (unpaired) electrons. The van der Waals surface area contributed by atoms with Gasteiger partial charge in [0.1, 0.15) is 18.3 Å². The van der Waals surface area contributed by atoms with Crippen molar-refractivity contribution in [3.05, 3.63) is 87.9 Å². The zero-order valence-electron chi connectivity index (χ0n) is 23.7. The molecule has 0 fully saturated rings. The molecule has 0 spiro atoms. The van der Waals surface area contributed by atoms with Crippen LogP contribution in [-0.2, 0) is 26.2 Å². The molecule has 3 aromatic carbocycles. The molecule has 11 heteroatoms. The minimum Gasteiger partial charge on any atom is -0.495 e. The minimum absolute atomic E-state index is 0.00428. The number of ether oxygens (including phenoxy) is 1. The molecule has 0 bridgehead atoms. The summed E-state index contributed by atoms with van der Waals surface area (Å²) in [5, 5.41) is 3.47. The number of methoxy groups -OCH3 is 1. The van der Waals surface area contributed by atoms with E-state index in [1.165, 1.54) is 42.3 Å². The Labute approximate surface area is 252 Å². The molecule has 220 valence electrons. The predicted molar refractivity (Wildman–Crippen MR) is 163 cm³/mol. The number of carbonyl (C=O) groups excluding carboxylic acids is 2. The first-order valence-corrected chi connectivity index (χ1v) is 15.3. The number of nitrogens with one attached hydrogen (secondary N) is 1. The van der Waals surface area contributed by atoms with Gasteiger partial charge in [-0.15, -0.1) is 0 Å². The van der Waals surface area contributed by atoms with Crippen molar-refractivity contribution in [1.82, 2.24) is 10.2 Å². The van der Waals surface area contributed by atoms with Crippen LogP contribution < -0.4 is 14.4 Å². The van der Waals surface area contributed by atoms with Crippen molar-refractivity contribution in [1.29, 1.82) is 0 Å². The molecule has 0 aliphatic carbocycles. The van der Waals surface area contributed by atoms with Gasteiger partial charge in [-0.1, -0.05) is 66.0 Å². The summed E-state index contributed by atoms with van der Waals surface area (Å²) in [6.45, 7) is 6.71. The summed E-state index contributed by atoms with van der Waals surface area (Å²) >= 11 is 12.8. The lowest BCUT2D eigenvalue weighted by molar-refractivity contribution is -0.140. The summed E-state index contributed by atoms with van der Waals surface area (Å²) in [4.78, 5) is 28.7. The fraction of sp³-hybridized carbons (Fsp3) is 0.333. The third-order valence-corrected chi connectivity index (χ3v) is 8.88. The van der Waals surface area contributed by atoms with Crippen LogP contribution in [-0.4, -0.2) is 50.9 Å². The van der Waals surface area contributed by atoms with Gasteiger partial charge >= 0.3 is 0 Å². The van der Waals surface area contributed by atoms with Crippen molar-refractivity contribution in [2.45, 2.75) is 57.6 Å². The first-order chi connectivity index (χ1) is 19.4. The second-order valence-electron chi connectivity index (χ2n) is 9.84. The number of rotatable bonds is 12. The Bertz CT molecular complexity index is 1480. The van der Waals surface area contributed by atoms with Crippen molar-refractivity contribution >= 4 is 50.7 Å². The Balaban J connectivity index is 2.11. The third kappa shape index (κ3) is 7.93. The maximum Gasteiger partial charge on any atom is 0.264 e. The van der Waals surface area contributed by atoms with Crippen molar-refractivity contribution in [3.8, 4) is 5.75 Å². The summed E-state index contributed by atoms with van der Waals surface area (Å²) in [6.07, 6.45) is 0.299. The van der Waals surface area contributed by atoms with Crippen molar-refractivity contribution in [2.75, 3.05) is 18.0 Å². The monoisotopic (exact) mass is 619 g/mol. The van der Waals surface area contributed by atoms with Gasteiger partial charge in [0.05, 0.1) is 22.7 Å². The molecule has 3 aromatic rings. The molecule has 0 unspecified atom stereocenters. The van der Waals surface area contributed by atoms with Gasteiger partial charge in [0.25, 0.3) is 10.0 Å². The minimum atomic E-state index is -4.23. The SMILES string of the molecule is CC[C@@H](C(=O)NC(C)C)N(Cc1ccccc1Cl)C(=O)CN(c1ccc(OC)c(Cl)c1)S(=O)(=O)c1ccc(C)cc1. The van der Waals surface area contributed by atoms with Crippen LogP contribution in [0.15, 0.2) is 71.6 Å². The van der Waals surface area contributed by atoms with E-state index in [2.05, 4.69) is 5.32 Å². The van der Waals surface area contributed by atoms with Gasteiger partial charge in [-0.3, -0.25) is 13.9 Å². The molecule has 0 heterocycles. The standard InChI is InChI=1S/C30H35Cl2N3O5S/c1-6-27(30(37)33-20(2)3)34(18-22-9-7-8-10-25(22)31)29(36)19-35(23-13-16-28(40-5)26(32)17-23)41(38,39)24-14-11-21(4)12-15-24/h7-17,20,27H,6,18-19H2,1-5H3,(H,33,37)/t27-/m0/s1. The molecule has 3 rings (SSSR count). The first-order valence-electron chi connectivity index (χ1n) is 13.1. The van der Waals surface area contributed by atoms with Crippen molar-refractivity contribution in [2.24, 2.45) is 0 Å². The highest BCUT2D eigenvalue weighted by Gasteiger charge is 2.34. The Hall–Kier alpha value is -3.27.